The first-order valence-electron chi connectivity index (χ1n) is 6.27. The smallest absolute Gasteiger partial charge is 0.331 e. The molecule has 20 heavy (non-hydrogen) atoms. The van der Waals surface area contributed by atoms with Crippen LogP contribution >= 0.6 is 0 Å². The number of nitro groups is 1. The van der Waals surface area contributed by atoms with Crippen LogP contribution in [-0.2, 0) is 9.53 Å². The first kappa shape index (κ1) is 15.9. The Morgan fingerprint density at radius 3 is 2.45 bits per heavy atom. The number of rotatable bonds is 3. The number of benzene rings is 1. The van der Waals surface area contributed by atoms with Gasteiger partial charge >= 0.3 is 5.97 Å². The molecular formula is C15H19NO4. The number of nitrogens with zero attached hydrogens (tertiary/aromatic N) is 1. The van der Waals surface area contributed by atoms with E-state index in [1.54, 1.807) is 46.8 Å². The molecular weight excluding hydrogens is 258 g/mol. The summed E-state index contributed by atoms with van der Waals surface area (Å²) in [5, 5.41) is 10.9. The molecule has 1 aromatic rings. The highest BCUT2D eigenvalue weighted by molar-refractivity contribution is 5.91. The molecule has 0 aliphatic carbocycles. The van der Waals surface area contributed by atoms with Gasteiger partial charge in [-0.3, -0.25) is 10.1 Å². The van der Waals surface area contributed by atoms with Crippen molar-refractivity contribution in [3.63, 3.8) is 0 Å². The van der Waals surface area contributed by atoms with E-state index in [2.05, 4.69) is 0 Å². The van der Waals surface area contributed by atoms with Crippen molar-refractivity contribution in [2.45, 2.75) is 40.2 Å². The molecule has 0 heterocycles. The highest BCUT2D eigenvalue weighted by Gasteiger charge is 2.17. The summed E-state index contributed by atoms with van der Waals surface area (Å²) in [4.78, 5) is 22.2. The van der Waals surface area contributed by atoms with Crippen molar-refractivity contribution in [3.8, 4) is 0 Å². The first-order chi connectivity index (χ1) is 9.11. The van der Waals surface area contributed by atoms with Crippen molar-refractivity contribution in [3.05, 3.63) is 45.5 Å². The maximum absolute atomic E-state index is 11.7. The van der Waals surface area contributed by atoms with E-state index >= 15 is 0 Å². The van der Waals surface area contributed by atoms with E-state index in [4.69, 9.17) is 4.74 Å². The Hall–Kier alpha value is -2.17. The number of carbonyl (C=O) groups excluding carboxylic acids is 1. The van der Waals surface area contributed by atoms with Crippen LogP contribution in [0, 0.1) is 17.0 Å². The number of hydrogen-bond donors (Lipinski definition) is 0. The number of ether oxygens (including phenoxy) is 1. The van der Waals surface area contributed by atoms with Crippen LogP contribution in [0.3, 0.4) is 0 Å². The van der Waals surface area contributed by atoms with Gasteiger partial charge in [0, 0.05) is 17.7 Å². The molecule has 1 rings (SSSR count). The van der Waals surface area contributed by atoms with Gasteiger partial charge in [0.1, 0.15) is 5.60 Å². The monoisotopic (exact) mass is 277 g/mol. The molecule has 0 aliphatic heterocycles. The molecule has 0 unspecified atom stereocenters. The van der Waals surface area contributed by atoms with Gasteiger partial charge in [-0.2, -0.15) is 0 Å². The van der Waals surface area contributed by atoms with Crippen LogP contribution in [-0.4, -0.2) is 16.5 Å². The van der Waals surface area contributed by atoms with Gasteiger partial charge in [-0.1, -0.05) is 12.1 Å². The average Bonchev–Trinajstić information content (AvgIpc) is 2.25. The third kappa shape index (κ3) is 4.19. The summed E-state index contributed by atoms with van der Waals surface area (Å²) in [7, 11) is 0. The number of esters is 1. The Labute approximate surface area is 118 Å². The molecule has 0 N–H and O–H groups in total. The first-order valence-corrected chi connectivity index (χ1v) is 6.27. The van der Waals surface area contributed by atoms with Crippen LogP contribution < -0.4 is 0 Å². The fourth-order valence-corrected chi connectivity index (χ4v) is 1.83. The van der Waals surface area contributed by atoms with Gasteiger partial charge in [-0.25, -0.2) is 4.79 Å². The predicted molar refractivity (Wildman–Crippen MR) is 77.3 cm³/mol. The average molecular weight is 277 g/mol. The van der Waals surface area contributed by atoms with Gasteiger partial charge in [-0.05, 0) is 45.8 Å². The third-order valence-corrected chi connectivity index (χ3v) is 2.67. The second-order valence-corrected chi connectivity index (χ2v) is 5.57. The van der Waals surface area contributed by atoms with Crippen LogP contribution in [0.1, 0.15) is 38.8 Å². The Kier molecular flexibility index (Phi) is 4.65. The van der Waals surface area contributed by atoms with Crippen molar-refractivity contribution in [2.75, 3.05) is 0 Å². The predicted octanol–water partition coefficient (Wildman–Crippen LogP) is 3.65. The van der Waals surface area contributed by atoms with Gasteiger partial charge in [0.05, 0.1) is 4.92 Å². The lowest BCUT2D eigenvalue weighted by Crippen LogP contribution is -2.22. The minimum Gasteiger partial charge on any atom is -0.457 e. The van der Waals surface area contributed by atoms with Crippen molar-refractivity contribution < 1.29 is 14.5 Å². The quantitative estimate of drug-likeness (QED) is 0.366. The summed E-state index contributed by atoms with van der Waals surface area (Å²) in [6.45, 7) is 8.75. The normalized spacial score (nSPS) is 12.2. The lowest BCUT2D eigenvalue weighted by Gasteiger charge is -2.18. The fourth-order valence-electron chi connectivity index (χ4n) is 1.83. The maximum atomic E-state index is 11.7. The van der Waals surface area contributed by atoms with Gasteiger partial charge in [0.15, 0.2) is 0 Å². The summed E-state index contributed by atoms with van der Waals surface area (Å²) < 4.78 is 5.20. The summed E-state index contributed by atoms with van der Waals surface area (Å²) in [6.07, 6.45) is 1.36. The second-order valence-electron chi connectivity index (χ2n) is 5.57. The molecule has 0 radical (unpaired) electrons. The van der Waals surface area contributed by atoms with Crippen LogP contribution in [0.4, 0.5) is 5.69 Å². The van der Waals surface area contributed by atoms with Crippen LogP contribution in [0.25, 0.3) is 5.57 Å². The molecule has 0 aromatic heterocycles. The van der Waals surface area contributed by atoms with E-state index in [1.807, 2.05) is 0 Å². The summed E-state index contributed by atoms with van der Waals surface area (Å²) >= 11 is 0. The van der Waals surface area contributed by atoms with E-state index in [1.165, 1.54) is 12.1 Å². The van der Waals surface area contributed by atoms with Crippen molar-refractivity contribution >= 4 is 17.2 Å². The van der Waals surface area contributed by atoms with E-state index in [0.717, 1.165) is 0 Å². The molecule has 0 saturated carbocycles. The second kappa shape index (κ2) is 5.86. The molecule has 0 saturated heterocycles. The zero-order valence-corrected chi connectivity index (χ0v) is 12.4. The topological polar surface area (TPSA) is 69.4 Å². The van der Waals surface area contributed by atoms with Gasteiger partial charge < -0.3 is 4.74 Å². The molecule has 0 spiro atoms. The zero-order valence-electron chi connectivity index (χ0n) is 12.4. The van der Waals surface area contributed by atoms with Gasteiger partial charge in [0.25, 0.3) is 5.69 Å². The van der Waals surface area contributed by atoms with E-state index in [-0.39, 0.29) is 5.69 Å². The molecule has 0 atom stereocenters. The van der Waals surface area contributed by atoms with Crippen LogP contribution in [0.2, 0.25) is 0 Å². The Morgan fingerprint density at radius 2 is 1.95 bits per heavy atom. The molecule has 0 amide bonds. The summed E-state index contributed by atoms with van der Waals surface area (Å²) in [5.41, 5.74) is 1.32. The lowest BCUT2D eigenvalue weighted by atomic mass is 10.00. The van der Waals surface area contributed by atoms with Crippen LogP contribution in [0.15, 0.2) is 24.3 Å². The zero-order chi connectivity index (χ0) is 15.5. The van der Waals surface area contributed by atoms with Crippen LogP contribution in [0.5, 0.6) is 0 Å². The number of carbonyl (C=O) groups is 1. The molecule has 5 heteroatoms. The molecule has 5 nitrogen and oxygen atoms in total. The highest BCUT2D eigenvalue weighted by atomic mass is 16.6. The molecule has 1 aromatic carbocycles. The number of allylic oxidation sites excluding steroid dienone is 1. The lowest BCUT2D eigenvalue weighted by molar-refractivity contribution is -0.385. The highest BCUT2D eigenvalue weighted by Crippen LogP contribution is 2.26. The van der Waals surface area contributed by atoms with E-state index in [0.29, 0.717) is 16.7 Å². The van der Waals surface area contributed by atoms with Gasteiger partial charge in [0.2, 0.25) is 0 Å². The Balaban J connectivity index is 3.09. The molecule has 0 bridgehead atoms. The summed E-state index contributed by atoms with van der Waals surface area (Å²) in [5.74, 6) is -0.457. The minimum absolute atomic E-state index is 0.0411. The largest absolute Gasteiger partial charge is 0.457 e. The summed E-state index contributed by atoms with van der Waals surface area (Å²) in [6, 6.07) is 4.80. The van der Waals surface area contributed by atoms with Crippen molar-refractivity contribution in [1.82, 2.24) is 0 Å². The van der Waals surface area contributed by atoms with E-state index in [9.17, 15) is 14.9 Å². The number of hydrogen-bond acceptors (Lipinski definition) is 4. The van der Waals surface area contributed by atoms with Crippen molar-refractivity contribution in [2.24, 2.45) is 0 Å². The Bertz CT molecular complexity index is 568. The van der Waals surface area contributed by atoms with Crippen molar-refractivity contribution in [1.29, 1.82) is 0 Å². The molecule has 0 aliphatic rings. The van der Waals surface area contributed by atoms with Gasteiger partial charge in [-0.15, -0.1) is 0 Å². The SMILES string of the molecule is C/C(=C/C(=O)OC(C)(C)C)c1cccc([N+](=O)[O-])c1C. The van der Waals surface area contributed by atoms with E-state index < -0.39 is 16.5 Å². The Morgan fingerprint density at radius 1 is 1.35 bits per heavy atom. The third-order valence-electron chi connectivity index (χ3n) is 2.67. The standard InChI is InChI=1S/C15H19NO4/c1-10(9-14(17)20-15(3,4)5)12-7-6-8-13(11(12)2)16(18)19/h6-9H,1-5H3/b10-9-. The molecule has 108 valence electrons. The number of nitro benzene ring substituents is 1. The maximum Gasteiger partial charge on any atom is 0.331 e. The minimum atomic E-state index is -0.564. The fraction of sp³-hybridized carbons (Fsp3) is 0.400. The molecule has 0 fully saturated rings.